The predicted molar refractivity (Wildman–Crippen MR) is 128 cm³/mol. The first kappa shape index (κ1) is 20.5. The number of hydrogen-bond acceptors (Lipinski definition) is 3. The van der Waals surface area contributed by atoms with Crippen molar-refractivity contribution in [3.05, 3.63) is 65.7 Å². The topological polar surface area (TPSA) is 63.6 Å². The SMILES string of the molecule is CC(=O)Oc1ccc(-c2ccc3cc(C(=O)O)ccc3c2)cc1C12CC3CC(CC(C3)C1)C2. The second-order valence-electron chi connectivity index (χ2n) is 10.6. The van der Waals surface area contributed by atoms with Crippen molar-refractivity contribution in [1.29, 1.82) is 0 Å². The Kier molecular flexibility index (Phi) is 4.62. The van der Waals surface area contributed by atoms with Crippen molar-refractivity contribution >= 4 is 22.7 Å². The van der Waals surface area contributed by atoms with Crippen LogP contribution in [0.4, 0.5) is 0 Å². The monoisotopic (exact) mass is 440 g/mol. The van der Waals surface area contributed by atoms with Gasteiger partial charge in [0.2, 0.25) is 0 Å². The van der Waals surface area contributed by atoms with Crippen molar-refractivity contribution in [2.45, 2.75) is 50.9 Å². The molecule has 4 nitrogen and oxygen atoms in total. The Balaban J connectivity index is 1.44. The van der Waals surface area contributed by atoms with Crippen LogP contribution in [0.15, 0.2) is 54.6 Å². The Hall–Kier alpha value is -3.14. The molecule has 33 heavy (non-hydrogen) atoms. The molecule has 1 N–H and O–H groups in total. The summed E-state index contributed by atoms with van der Waals surface area (Å²) in [5.41, 5.74) is 3.82. The van der Waals surface area contributed by atoms with E-state index in [1.165, 1.54) is 51.0 Å². The fourth-order valence-corrected chi connectivity index (χ4v) is 7.37. The van der Waals surface area contributed by atoms with Crippen LogP contribution in [0.25, 0.3) is 21.9 Å². The highest BCUT2D eigenvalue weighted by molar-refractivity contribution is 5.95. The Morgan fingerprint density at radius 1 is 0.818 bits per heavy atom. The summed E-state index contributed by atoms with van der Waals surface area (Å²) in [5, 5.41) is 11.2. The first-order valence-electron chi connectivity index (χ1n) is 12.0. The zero-order valence-electron chi connectivity index (χ0n) is 18.8. The summed E-state index contributed by atoms with van der Waals surface area (Å²) in [6.45, 7) is 1.48. The smallest absolute Gasteiger partial charge is 0.335 e. The molecule has 3 aromatic carbocycles. The van der Waals surface area contributed by atoms with E-state index >= 15 is 0 Å². The van der Waals surface area contributed by atoms with E-state index in [2.05, 4.69) is 18.2 Å². The molecule has 0 atom stereocenters. The molecular weight excluding hydrogens is 412 g/mol. The molecule has 4 aliphatic rings. The molecule has 0 radical (unpaired) electrons. The minimum Gasteiger partial charge on any atom is -0.478 e. The van der Waals surface area contributed by atoms with Crippen LogP contribution in [0.1, 0.15) is 61.4 Å². The van der Waals surface area contributed by atoms with Crippen LogP contribution >= 0.6 is 0 Å². The number of benzene rings is 3. The number of hydrogen-bond donors (Lipinski definition) is 1. The predicted octanol–water partition coefficient (Wildman–Crippen LogP) is 6.60. The highest BCUT2D eigenvalue weighted by Gasteiger charge is 2.52. The van der Waals surface area contributed by atoms with Crippen molar-refractivity contribution in [3.8, 4) is 16.9 Å². The van der Waals surface area contributed by atoms with E-state index in [0.29, 0.717) is 5.56 Å². The molecule has 0 saturated heterocycles. The van der Waals surface area contributed by atoms with Gasteiger partial charge in [0.25, 0.3) is 0 Å². The molecule has 4 bridgehead atoms. The molecule has 4 aliphatic carbocycles. The average Bonchev–Trinajstić information content (AvgIpc) is 2.77. The summed E-state index contributed by atoms with van der Waals surface area (Å²) in [5.74, 6) is 1.94. The Morgan fingerprint density at radius 3 is 2.03 bits per heavy atom. The average molecular weight is 441 g/mol. The summed E-state index contributed by atoms with van der Waals surface area (Å²) < 4.78 is 5.74. The fraction of sp³-hybridized carbons (Fsp3) is 0.379. The van der Waals surface area contributed by atoms with Crippen molar-refractivity contribution in [2.75, 3.05) is 0 Å². The van der Waals surface area contributed by atoms with E-state index in [-0.39, 0.29) is 11.4 Å². The third-order valence-corrected chi connectivity index (χ3v) is 8.26. The molecule has 3 aromatic rings. The number of esters is 1. The van der Waals surface area contributed by atoms with Crippen molar-refractivity contribution < 1.29 is 19.4 Å². The summed E-state index contributed by atoms with van der Waals surface area (Å²) in [6.07, 6.45) is 7.70. The quantitative estimate of drug-likeness (QED) is 0.367. The maximum absolute atomic E-state index is 11.9. The zero-order valence-corrected chi connectivity index (χ0v) is 18.8. The summed E-state index contributed by atoms with van der Waals surface area (Å²) >= 11 is 0. The molecule has 4 saturated carbocycles. The molecule has 0 aromatic heterocycles. The first-order valence-corrected chi connectivity index (χ1v) is 12.0. The summed E-state index contributed by atoms with van der Waals surface area (Å²) in [7, 11) is 0. The Bertz CT molecular complexity index is 1250. The van der Waals surface area contributed by atoms with Crippen LogP contribution < -0.4 is 4.74 Å². The fourth-order valence-electron chi connectivity index (χ4n) is 7.37. The summed E-state index contributed by atoms with van der Waals surface area (Å²) in [4.78, 5) is 23.2. The lowest BCUT2D eigenvalue weighted by Gasteiger charge is -2.57. The van der Waals surface area contributed by atoms with Gasteiger partial charge in [-0.1, -0.05) is 24.3 Å². The number of carboxylic acid groups (broad SMARTS) is 1. The van der Waals surface area contributed by atoms with Gasteiger partial charge in [0.15, 0.2) is 0 Å². The van der Waals surface area contributed by atoms with Gasteiger partial charge in [0, 0.05) is 12.5 Å². The van der Waals surface area contributed by atoms with Gasteiger partial charge in [-0.3, -0.25) is 4.79 Å². The molecular formula is C29H28O4. The lowest BCUT2D eigenvalue weighted by Crippen LogP contribution is -2.48. The molecule has 0 aliphatic heterocycles. The van der Waals surface area contributed by atoms with Crippen molar-refractivity contribution in [3.63, 3.8) is 0 Å². The van der Waals surface area contributed by atoms with Crippen molar-refractivity contribution in [1.82, 2.24) is 0 Å². The third kappa shape index (κ3) is 3.52. The highest BCUT2D eigenvalue weighted by atomic mass is 16.5. The van der Waals surface area contributed by atoms with E-state index in [4.69, 9.17) is 4.74 Å². The number of ether oxygens (including phenoxy) is 1. The molecule has 0 spiro atoms. The molecule has 0 heterocycles. The number of carbonyl (C=O) groups excluding carboxylic acids is 1. The number of carbonyl (C=O) groups is 2. The van der Waals surface area contributed by atoms with Crippen LogP contribution in [0, 0.1) is 17.8 Å². The Labute approximate surface area is 193 Å². The maximum atomic E-state index is 11.9. The number of aromatic carboxylic acids is 1. The van der Waals surface area contributed by atoms with E-state index in [1.807, 2.05) is 24.3 Å². The molecule has 4 heteroatoms. The lowest BCUT2D eigenvalue weighted by atomic mass is 9.48. The molecule has 168 valence electrons. The van der Waals surface area contributed by atoms with Gasteiger partial charge in [-0.05, 0) is 114 Å². The van der Waals surface area contributed by atoms with Crippen LogP contribution in [-0.4, -0.2) is 17.0 Å². The number of carboxylic acids is 1. The van der Waals surface area contributed by atoms with Crippen LogP contribution in [0.3, 0.4) is 0 Å². The van der Waals surface area contributed by atoms with E-state index in [9.17, 15) is 14.7 Å². The molecule has 0 unspecified atom stereocenters. The zero-order chi connectivity index (χ0) is 22.7. The van der Waals surface area contributed by atoms with Crippen molar-refractivity contribution in [2.24, 2.45) is 17.8 Å². The number of fused-ring (bicyclic) bond motifs is 1. The van der Waals surface area contributed by atoms with Gasteiger partial charge in [-0.15, -0.1) is 0 Å². The second kappa shape index (κ2) is 7.44. The standard InChI is InChI=1S/C29H28O4/c1-17(30)33-27-7-6-24(22-2-3-23-12-25(28(31)32)5-4-21(23)11-22)13-26(27)29-14-18-8-19(15-29)10-20(9-18)16-29/h2-7,11-13,18-20H,8-10,14-16H2,1H3,(H,31,32). The first-order chi connectivity index (χ1) is 15.9. The van der Waals surface area contributed by atoms with Crippen LogP contribution in [0.5, 0.6) is 5.75 Å². The van der Waals surface area contributed by atoms with E-state index < -0.39 is 5.97 Å². The highest BCUT2D eigenvalue weighted by Crippen LogP contribution is 2.62. The van der Waals surface area contributed by atoms with Gasteiger partial charge in [0.05, 0.1) is 5.56 Å². The molecule has 4 fully saturated rings. The minimum absolute atomic E-state index is 0.114. The lowest BCUT2D eigenvalue weighted by molar-refractivity contribution is -0.132. The molecule has 0 amide bonds. The van der Waals surface area contributed by atoms with E-state index in [1.54, 1.807) is 12.1 Å². The van der Waals surface area contributed by atoms with Gasteiger partial charge >= 0.3 is 11.9 Å². The Morgan fingerprint density at radius 2 is 1.39 bits per heavy atom. The number of rotatable bonds is 4. The van der Waals surface area contributed by atoms with Crippen LogP contribution in [-0.2, 0) is 10.2 Å². The van der Waals surface area contributed by atoms with Gasteiger partial charge in [-0.25, -0.2) is 4.79 Å². The third-order valence-electron chi connectivity index (χ3n) is 8.26. The van der Waals surface area contributed by atoms with Crippen LogP contribution in [0.2, 0.25) is 0 Å². The van der Waals surface area contributed by atoms with E-state index in [0.717, 1.165) is 45.4 Å². The largest absolute Gasteiger partial charge is 0.478 e. The van der Waals surface area contributed by atoms with Gasteiger partial charge < -0.3 is 9.84 Å². The maximum Gasteiger partial charge on any atom is 0.335 e. The molecule has 7 rings (SSSR count). The van der Waals surface area contributed by atoms with Gasteiger partial charge in [0.1, 0.15) is 5.75 Å². The van der Waals surface area contributed by atoms with Gasteiger partial charge in [-0.2, -0.15) is 0 Å². The normalized spacial score (nSPS) is 27.6. The summed E-state index contributed by atoms with van der Waals surface area (Å²) in [6, 6.07) is 17.7. The minimum atomic E-state index is -0.915. The second-order valence-corrected chi connectivity index (χ2v) is 10.6.